The van der Waals surface area contributed by atoms with Gasteiger partial charge in [-0.2, -0.15) is 0 Å². The summed E-state index contributed by atoms with van der Waals surface area (Å²) in [6, 6.07) is 3.88. The zero-order chi connectivity index (χ0) is 14.7. The lowest BCUT2D eigenvalue weighted by atomic mass is 10.1. The lowest BCUT2D eigenvalue weighted by Gasteiger charge is -2.00. The molecule has 2 aromatic rings. The Hall–Kier alpha value is -1.75. The summed E-state index contributed by atoms with van der Waals surface area (Å²) in [5.74, 6) is 1.33. The van der Waals surface area contributed by atoms with Crippen LogP contribution >= 0.6 is 11.3 Å². The third kappa shape index (κ3) is 2.58. The van der Waals surface area contributed by atoms with Gasteiger partial charge < -0.3 is 14.9 Å². The van der Waals surface area contributed by atoms with Gasteiger partial charge in [0.1, 0.15) is 16.4 Å². The molecule has 2 heterocycles. The molecule has 0 saturated heterocycles. The molecule has 2 aromatic heterocycles. The van der Waals surface area contributed by atoms with Crippen molar-refractivity contribution in [2.24, 2.45) is 0 Å². The van der Waals surface area contributed by atoms with Gasteiger partial charge in [-0.05, 0) is 31.0 Å². The van der Waals surface area contributed by atoms with Gasteiger partial charge in [-0.3, -0.25) is 0 Å². The first-order valence-corrected chi connectivity index (χ1v) is 7.61. The quantitative estimate of drug-likeness (QED) is 0.849. The van der Waals surface area contributed by atoms with Crippen molar-refractivity contribution in [1.82, 2.24) is 0 Å². The Balaban J connectivity index is 2.47. The third-order valence-corrected chi connectivity index (χ3v) is 4.34. The summed E-state index contributed by atoms with van der Waals surface area (Å²) in [6.07, 6.45) is 1.59. The Morgan fingerprint density at radius 3 is 2.60 bits per heavy atom. The van der Waals surface area contributed by atoms with Crippen molar-refractivity contribution in [2.75, 3.05) is 12.3 Å². The average Bonchev–Trinajstić information content (AvgIpc) is 3.02. The maximum Gasteiger partial charge on any atom is 0.350 e. The molecule has 0 atom stereocenters. The molecule has 0 bridgehead atoms. The summed E-state index contributed by atoms with van der Waals surface area (Å²) >= 11 is 1.34. The molecule has 0 aromatic carbocycles. The van der Waals surface area contributed by atoms with Crippen LogP contribution < -0.4 is 5.73 Å². The first kappa shape index (κ1) is 14.7. The Bertz CT molecular complexity index is 613. The van der Waals surface area contributed by atoms with Gasteiger partial charge in [0, 0.05) is 6.42 Å². The van der Waals surface area contributed by atoms with Crippen LogP contribution in [0.5, 0.6) is 0 Å². The first-order chi connectivity index (χ1) is 9.62. The fourth-order valence-corrected chi connectivity index (χ4v) is 3.23. The van der Waals surface area contributed by atoms with Crippen molar-refractivity contribution < 1.29 is 13.9 Å². The third-order valence-electron chi connectivity index (χ3n) is 3.10. The summed E-state index contributed by atoms with van der Waals surface area (Å²) in [6.45, 7) is 6.17. The molecule has 0 aliphatic carbocycles. The Morgan fingerprint density at radius 1 is 1.30 bits per heavy atom. The van der Waals surface area contributed by atoms with E-state index >= 15 is 0 Å². The number of anilines is 1. The van der Waals surface area contributed by atoms with Crippen molar-refractivity contribution in [1.29, 1.82) is 0 Å². The zero-order valence-electron chi connectivity index (χ0n) is 12.0. The van der Waals surface area contributed by atoms with E-state index in [1.54, 1.807) is 6.92 Å². The van der Waals surface area contributed by atoms with Crippen molar-refractivity contribution in [3.8, 4) is 10.6 Å². The van der Waals surface area contributed by atoms with E-state index in [-0.39, 0.29) is 5.97 Å². The van der Waals surface area contributed by atoms with Crippen LogP contribution in [0.4, 0.5) is 5.69 Å². The Labute approximate surface area is 122 Å². The highest BCUT2D eigenvalue weighted by Gasteiger charge is 2.23. The van der Waals surface area contributed by atoms with Gasteiger partial charge in [0.25, 0.3) is 0 Å². The van der Waals surface area contributed by atoms with E-state index < -0.39 is 0 Å². The fraction of sp³-hybridized carbons (Fsp3) is 0.400. The zero-order valence-corrected chi connectivity index (χ0v) is 12.8. The predicted molar refractivity (Wildman–Crippen MR) is 81.1 cm³/mol. The van der Waals surface area contributed by atoms with Crippen LogP contribution in [0.2, 0.25) is 0 Å². The molecule has 0 fully saturated rings. The number of rotatable bonds is 5. The van der Waals surface area contributed by atoms with E-state index in [1.165, 1.54) is 11.3 Å². The molecule has 0 unspecified atom stereocenters. The number of aryl methyl sites for hydroxylation is 1. The number of carbonyl (C=O) groups is 1. The molecule has 20 heavy (non-hydrogen) atoms. The molecule has 108 valence electrons. The van der Waals surface area contributed by atoms with Gasteiger partial charge >= 0.3 is 5.97 Å². The second kappa shape index (κ2) is 6.13. The maximum atomic E-state index is 11.9. The number of hydrogen-bond donors (Lipinski definition) is 1. The molecule has 0 amide bonds. The number of ether oxygens (including phenoxy) is 1. The normalized spacial score (nSPS) is 10.8. The summed E-state index contributed by atoms with van der Waals surface area (Å²) in [7, 11) is 0. The number of thiophene rings is 1. The summed E-state index contributed by atoms with van der Waals surface area (Å²) in [4.78, 5) is 13.3. The minimum atomic E-state index is -0.363. The topological polar surface area (TPSA) is 65.5 Å². The molecular formula is C15H19NO3S. The van der Waals surface area contributed by atoms with Gasteiger partial charge in [-0.15, -0.1) is 11.3 Å². The largest absolute Gasteiger partial charge is 0.462 e. The fourth-order valence-electron chi connectivity index (χ4n) is 2.07. The smallest absolute Gasteiger partial charge is 0.350 e. The predicted octanol–water partition coefficient (Wildman–Crippen LogP) is 3.89. The molecule has 0 spiro atoms. The molecule has 0 saturated carbocycles. The lowest BCUT2D eigenvalue weighted by Crippen LogP contribution is -2.05. The standard InChI is InChI=1S/C15H19NO3S/c1-4-9-7-8-11(19-9)13-10(5-2)12(16)14(20-13)15(17)18-6-3/h7-8H,4-6,16H2,1-3H3. The lowest BCUT2D eigenvalue weighted by molar-refractivity contribution is 0.0533. The highest BCUT2D eigenvalue weighted by atomic mass is 32.1. The maximum absolute atomic E-state index is 11.9. The first-order valence-electron chi connectivity index (χ1n) is 6.79. The minimum Gasteiger partial charge on any atom is -0.462 e. The van der Waals surface area contributed by atoms with Gasteiger partial charge in [0.2, 0.25) is 0 Å². The second-order valence-electron chi connectivity index (χ2n) is 4.35. The van der Waals surface area contributed by atoms with Gasteiger partial charge in [-0.1, -0.05) is 13.8 Å². The van der Waals surface area contributed by atoms with Crippen LogP contribution in [0.3, 0.4) is 0 Å². The molecule has 0 radical (unpaired) electrons. The molecule has 0 aliphatic rings. The number of esters is 1. The van der Waals surface area contributed by atoms with Gasteiger partial charge in [0.05, 0.1) is 17.2 Å². The van der Waals surface area contributed by atoms with E-state index in [4.69, 9.17) is 14.9 Å². The summed E-state index contributed by atoms with van der Waals surface area (Å²) in [5, 5.41) is 0. The number of furan rings is 1. The van der Waals surface area contributed by atoms with Crippen LogP contribution in [-0.4, -0.2) is 12.6 Å². The van der Waals surface area contributed by atoms with Crippen molar-refractivity contribution in [2.45, 2.75) is 33.6 Å². The Kier molecular flexibility index (Phi) is 4.49. The van der Waals surface area contributed by atoms with Crippen LogP contribution in [0, 0.1) is 0 Å². The van der Waals surface area contributed by atoms with E-state index in [1.807, 2.05) is 26.0 Å². The highest BCUT2D eigenvalue weighted by molar-refractivity contribution is 7.18. The summed E-state index contributed by atoms with van der Waals surface area (Å²) in [5.41, 5.74) is 7.56. The molecule has 2 rings (SSSR count). The molecule has 2 N–H and O–H groups in total. The Morgan fingerprint density at radius 2 is 2.05 bits per heavy atom. The van der Waals surface area contributed by atoms with Crippen molar-refractivity contribution in [3.63, 3.8) is 0 Å². The average molecular weight is 293 g/mol. The number of nitrogens with two attached hydrogens (primary N) is 1. The van der Waals surface area contributed by atoms with Gasteiger partial charge in [-0.25, -0.2) is 4.79 Å². The van der Waals surface area contributed by atoms with Crippen LogP contribution in [0.25, 0.3) is 10.6 Å². The number of hydrogen-bond acceptors (Lipinski definition) is 5. The number of carbonyl (C=O) groups excluding carboxylic acids is 1. The highest BCUT2D eigenvalue weighted by Crippen LogP contribution is 2.40. The number of nitrogen functional groups attached to an aromatic ring is 1. The van der Waals surface area contributed by atoms with Crippen LogP contribution in [0.15, 0.2) is 16.5 Å². The second-order valence-corrected chi connectivity index (χ2v) is 5.37. The SMILES string of the molecule is CCOC(=O)c1sc(-c2ccc(CC)o2)c(CC)c1N. The van der Waals surface area contributed by atoms with Crippen molar-refractivity contribution >= 4 is 23.0 Å². The van der Waals surface area contributed by atoms with Gasteiger partial charge in [0.15, 0.2) is 0 Å². The molecule has 4 nitrogen and oxygen atoms in total. The monoisotopic (exact) mass is 293 g/mol. The summed E-state index contributed by atoms with van der Waals surface area (Å²) < 4.78 is 10.8. The van der Waals surface area contributed by atoms with E-state index in [0.29, 0.717) is 17.2 Å². The van der Waals surface area contributed by atoms with E-state index in [9.17, 15) is 4.79 Å². The van der Waals surface area contributed by atoms with E-state index in [2.05, 4.69) is 0 Å². The minimum absolute atomic E-state index is 0.341. The molecular weight excluding hydrogens is 274 g/mol. The van der Waals surface area contributed by atoms with Crippen LogP contribution in [0.1, 0.15) is 41.8 Å². The van der Waals surface area contributed by atoms with E-state index in [0.717, 1.165) is 34.8 Å². The van der Waals surface area contributed by atoms with Crippen molar-refractivity contribution in [3.05, 3.63) is 28.3 Å². The molecule has 0 aliphatic heterocycles. The van der Waals surface area contributed by atoms with Crippen LogP contribution in [-0.2, 0) is 17.6 Å². The molecule has 5 heteroatoms.